The number of aromatic nitrogens is 2. The van der Waals surface area contributed by atoms with Gasteiger partial charge in [-0.15, -0.1) is 11.3 Å². The summed E-state index contributed by atoms with van der Waals surface area (Å²) in [6, 6.07) is 1.08. The van der Waals surface area contributed by atoms with Crippen molar-refractivity contribution in [2.75, 3.05) is 25.6 Å². The molecule has 0 bridgehead atoms. The molecular formula is C16H20N4O4S. The highest BCUT2D eigenvalue weighted by molar-refractivity contribution is 7.14. The van der Waals surface area contributed by atoms with Crippen LogP contribution < -0.4 is 11.1 Å². The maximum absolute atomic E-state index is 12.3. The van der Waals surface area contributed by atoms with Crippen LogP contribution in [0.3, 0.4) is 0 Å². The fraction of sp³-hybridized carbons (Fsp3) is 0.438. The molecule has 1 fully saturated rings. The lowest BCUT2D eigenvalue weighted by molar-refractivity contribution is -0.119. The van der Waals surface area contributed by atoms with Crippen LogP contribution in [0.4, 0.5) is 5.13 Å². The number of nitrogens with one attached hydrogen (secondary N) is 2. The van der Waals surface area contributed by atoms with Crippen molar-refractivity contribution in [2.45, 2.75) is 18.9 Å². The van der Waals surface area contributed by atoms with Crippen molar-refractivity contribution in [3.63, 3.8) is 0 Å². The molecule has 3 heterocycles. The highest BCUT2D eigenvalue weighted by Crippen LogP contribution is 2.26. The summed E-state index contributed by atoms with van der Waals surface area (Å²) in [5, 5.41) is 5.05. The second kappa shape index (κ2) is 7.77. The molecule has 0 radical (unpaired) electrons. The Hall–Kier alpha value is -2.23. The topological polar surface area (TPSA) is 119 Å². The lowest BCUT2D eigenvalue weighted by Gasteiger charge is -2.26. The summed E-state index contributed by atoms with van der Waals surface area (Å²) in [6.07, 6.45) is 3.25. The van der Waals surface area contributed by atoms with Gasteiger partial charge in [0.1, 0.15) is 5.69 Å². The van der Waals surface area contributed by atoms with E-state index in [0.29, 0.717) is 29.7 Å². The van der Waals surface area contributed by atoms with Crippen molar-refractivity contribution in [2.24, 2.45) is 11.7 Å². The second-order valence-electron chi connectivity index (χ2n) is 5.80. The molecule has 1 amide bonds. The zero-order valence-electron chi connectivity index (χ0n) is 13.8. The zero-order valence-corrected chi connectivity index (χ0v) is 14.6. The number of hydrogen-bond acceptors (Lipinski definition) is 7. The maximum Gasteiger partial charge on any atom is 0.354 e. The lowest BCUT2D eigenvalue weighted by Crippen LogP contribution is -2.43. The number of aromatic amines is 1. The van der Waals surface area contributed by atoms with Crippen molar-refractivity contribution in [1.82, 2.24) is 9.97 Å². The Bertz CT molecular complexity index is 751. The maximum atomic E-state index is 12.3. The van der Waals surface area contributed by atoms with Crippen LogP contribution in [0, 0.1) is 5.92 Å². The molecule has 4 N–H and O–H groups in total. The van der Waals surface area contributed by atoms with Crippen LogP contribution >= 0.6 is 11.3 Å². The van der Waals surface area contributed by atoms with Crippen molar-refractivity contribution >= 4 is 28.3 Å². The third kappa shape index (κ3) is 4.06. The molecule has 0 saturated carbocycles. The van der Waals surface area contributed by atoms with E-state index in [1.54, 1.807) is 17.6 Å². The van der Waals surface area contributed by atoms with Crippen LogP contribution in [0.1, 0.15) is 23.3 Å². The van der Waals surface area contributed by atoms with E-state index in [-0.39, 0.29) is 11.8 Å². The molecule has 134 valence electrons. The first-order valence-electron chi connectivity index (χ1n) is 7.95. The molecule has 0 aliphatic carbocycles. The molecule has 1 aliphatic heterocycles. The van der Waals surface area contributed by atoms with E-state index in [9.17, 15) is 9.59 Å². The molecule has 25 heavy (non-hydrogen) atoms. The average molecular weight is 364 g/mol. The lowest BCUT2D eigenvalue weighted by atomic mass is 9.92. The Morgan fingerprint density at radius 1 is 1.48 bits per heavy atom. The minimum atomic E-state index is -0.575. The van der Waals surface area contributed by atoms with E-state index >= 15 is 0 Å². The quantitative estimate of drug-likeness (QED) is 0.694. The standard InChI is InChI=1S/C16H20N4O4S/c1-23-15(22)11-6-10(7-18-11)12-8-25-16(19-12)20-14(21)13(17)9-2-4-24-5-3-9/h6-9,13,18H,2-5,17H2,1H3,(H,19,20,21). The van der Waals surface area contributed by atoms with Crippen LogP contribution in [0.25, 0.3) is 11.3 Å². The number of nitrogens with zero attached hydrogens (tertiary/aromatic N) is 1. The number of ether oxygens (including phenoxy) is 2. The predicted octanol–water partition coefficient (Wildman–Crippen LogP) is 1.62. The Morgan fingerprint density at radius 3 is 2.96 bits per heavy atom. The van der Waals surface area contributed by atoms with Crippen molar-refractivity contribution < 1.29 is 19.1 Å². The van der Waals surface area contributed by atoms with Gasteiger partial charge >= 0.3 is 5.97 Å². The Labute approximate surface area is 148 Å². The summed E-state index contributed by atoms with van der Waals surface area (Å²) < 4.78 is 9.95. The molecule has 0 spiro atoms. The SMILES string of the molecule is COC(=O)c1cc(-c2csc(NC(=O)C(N)C3CCOCC3)n2)c[nH]1. The smallest absolute Gasteiger partial charge is 0.354 e. The van der Waals surface area contributed by atoms with E-state index in [0.717, 1.165) is 18.4 Å². The number of hydrogen-bond donors (Lipinski definition) is 3. The minimum absolute atomic E-state index is 0.125. The first-order valence-corrected chi connectivity index (χ1v) is 8.83. The third-order valence-electron chi connectivity index (χ3n) is 4.19. The number of rotatable bonds is 5. The summed E-state index contributed by atoms with van der Waals surface area (Å²) >= 11 is 1.31. The van der Waals surface area contributed by atoms with Crippen LogP contribution in [-0.2, 0) is 14.3 Å². The summed E-state index contributed by atoms with van der Waals surface area (Å²) in [5.41, 5.74) is 7.81. The zero-order chi connectivity index (χ0) is 17.8. The third-order valence-corrected chi connectivity index (χ3v) is 4.95. The molecule has 1 unspecified atom stereocenters. The molecule has 3 rings (SSSR count). The predicted molar refractivity (Wildman–Crippen MR) is 93.4 cm³/mol. The summed E-state index contributed by atoms with van der Waals surface area (Å²) in [4.78, 5) is 31.0. The van der Waals surface area contributed by atoms with E-state index in [2.05, 4.69) is 20.0 Å². The number of anilines is 1. The fourth-order valence-electron chi connectivity index (χ4n) is 2.71. The van der Waals surface area contributed by atoms with Gasteiger partial charge in [-0.05, 0) is 24.8 Å². The summed E-state index contributed by atoms with van der Waals surface area (Å²) in [5.74, 6) is -0.560. The van der Waals surface area contributed by atoms with Gasteiger partial charge in [0.15, 0.2) is 5.13 Å². The summed E-state index contributed by atoms with van der Waals surface area (Å²) in [7, 11) is 1.32. The highest BCUT2D eigenvalue weighted by atomic mass is 32.1. The Balaban J connectivity index is 1.64. The van der Waals surface area contributed by atoms with E-state index in [1.165, 1.54) is 18.4 Å². The second-order valence-corrected chi connectivity index (χ2v) is 6.65. The van der Waals surface area contributed by atoms with Gasteiger partial charge in [0.25, 0.3) is 0 Å². The Kier molecular flexibility index (Phi) is 5.47. The van der Waals surface area contributed by atoms with Crippen LogP contribution in [-0.4, -0.2) is 48.2 Å². The number of carbonyl (C=O) groups is 2. The molecule has 8 nitrogen and oxygen atoms in total. The number of methoxy groups -OCH3 is 1. The van der Waals surface area contributed by atoms with Gasteiger partial charge in [0.2, 0.25) is 5.91 Å². The molecule has 2 aromatic heterocycles. The van der Waals surface area contributed by atoms with Gasteiger partial charge in [-0.2, -0.15) is 0 Å². The average Bonchev–Trinajstić information content (AvgIpc) is 3.30. The number of H-pyrrole nitrogens is 1. The minimum Gasteiger partial charge on any atom is -0.464 e. The molecule has 2 aromatic rings. The number of nitrogens with two attached hydrogens (primary N) is 1. The van der Waals surface area contributed by atoms with Gasteiger partial charge < -0.3 is 25.5 Å². The number of thiazole rings is 1. The van der Waals surface area contributed by atoms with Crippen LogP contribution in [0.2, 0.25) is 0 Å². The molecule has 1 aliphatic rings. The van der Waals surface area contributed by atoms with E-state index < -0.39 is 12.0 Å². The van der Waals surface area contributed by atoms with Crippen molar-refractivity contribution in [3.05, 3.63) is 23.3 Å². The number of esters is 1. The molecular weight excluding hydrogens is 344 g/mol. The van der Waals surface area contributed by atoms with Gasteiger partial charge in [-0.1, -0.05) is 0 Å². The van der Waals surface area contributed by atoms with Crippen LogP contribution in [0.15, 0.2) is 17.6 Å². The van der Waals surface area contributed by atoms with Gasteiger partial charge in [0, 0.05) is 30.4 Å². The normalized spacial score (nSPS) is 16.4. The number of amides is 1. The first kappa shape index (κ1) is 17.6. The van der Waals surface area contributed by atoms with Crippen LogP contribution in [0.5, 0.6) is 0 Å². The summed E-state index contributed by atoms with van der Waals surface area (Å²) in [6.45, 7) is 1.28. The Morgan fingerprint density at radius 2 is 2.24 bits per heavy atom. The molecule has 1 atom stereocenters. The molecule has 0 aromatic carbocycles. The van der Waals surface area contributed by atoms with Gasteiger partial charge in [0.05, 0.1) is 18.8 Å². The van der Waals surface area contributed by atoms with Crippen molar-refractivity contribution in [1.29, 1.82) is 0 Å². The van der Waals surface area contributed by atoms with Crippen molar-refractivity contribution in [3.8, 4) is 11.3 Å². The largest absolute Gasteiger partial charge is 0.464 e. The fourth-order valence-corrected chi connectivity index (χ4v) is 3.43. The monoisotopic (exact) mass is 364 g/mol. The highest BCUT2D eigenvalue weighted by Gasteiger charge is 2.27. The molecule has 9 heteroatoms. The van der Waals surface area contributed by atoms with E-state index in [4.69, 9.17) is 10.5 Å². The van der Waals surface area contributed by atoms with Gasteiger partial charge in [-0.3, -0.25) is 4.79 Å². The van der Waals surface area contributed by atoms with E-state index in [1.807, 2.05) is 0 Å². The van der Waals surface area contributed by atoms with Gasteiger partial charge in [-0.25, -0.2) is 9.78 Å². The first-order chi connectivity index (χ1) is 12.1. The number of carbonyl (C=O) groups excluding carboxylic acids is 2. The molecule has 1 saturated heterocycles.